The van der Waals surface area contributed by atoms with Gasteiger partial charge in [-0.05, 0) is 29.8 Å². The third-order valence-electron chi connectivity index (χ3n) is 4.20. The molecule has 0 saturated heterocycles. The van der Waals surface area contributed by atoms with Crippen LogP contribution in [0.25, 0.3) is 5.57 Å². The third-order valence-corrected chi connectivity index (χ3v) is 5.05. The van der Waals surface area contributed by atoms with Gasteiger partial charge in [0.2, 0.25) is 15.0 Å². The molecule has 1 aromatic heterocycles. The van der Waals surface area contributed by atoms with Crippen LogP contribution in [0.15, 0.2) is 53.8 Å². The fraction of sp³-hybridized carbons (Fsp3) is 0.200. The van der Waals surface area contributed by atoms with Crippen molar-refractivity contribution < 1.29 is 26.7 Å². The van der Waals surface area contributed by atoms with E-state index in [0.29, 0.717) is 11.6 Å². The van der Waals surface area contributed by atoms with Crippen LogP contribution >= 0.6 is 0 Å². The van der Waals surface area contributed by atoms with E-state index in [0.717, 1.165) is 11.8 Å². The number of sulfone groups is 1. The van der Waals surface area contributed by atoms with Crippen molar-refractivity contribution in [1.82, 2.24) is 14.9 Å². The number of hydrogen-bond acceptors (Lipinski definition) is 6. The zero-order valence-corrected chi connectivity index (χ0v) is 16.4. The highest BCUT2D eigenvalue weighted by Gasteiger charge is 2.35. The minimum absolute atomic E-state index is 0.193. The highest BCUT2D eigenvalue weighted by atomic mass is 32.2. The number of aromatic nitrogens is 2. The van der Waals surface area contributed by atoms with E-state index in [-0.39, 0.29) is 17.8 Å². The summed E-state index contributed by atoms with van der Waals surface area (Å²) in [6.45, 7) is 0.232. The van der Waals surface area contributed by atoms with Crippen LogP contribution in [-0.2, 0) is 22.6 Å². The highest BCUT2D eigenvalue weighted by molar-refractivity contribution is 7.90. The minimum Gasteiger partial charge on any atom is -0.370 e. The first-order chi connectivity index (χ1) is 14.0. The second-order valence-corrected chi connectivity index (χ2v) is 8.47. The predicted octanol–water partition coefficient (Wildman–Crippen LogP) is 2.61. The lowest BCUT2D eigenvalue weighted by atomic mass is 10.1. The van der Waals surface area contributed by atoms with Gasteiger partial charge in [-0.3, -0.25) is 0 Å². The first-order valence-corrected chi connectivity index (χ1v) is 10.4. The van der Waals surface area contributed by atoms with Gasteiger partial charge in [-0.15, -0.1) is 6.42 Å². The molecule has 6 nitrogen and oxygen atoms in total. The van der Waals surface area contributed by atoms with E-state index in [9.17, 15) is 26.7 Å². The van der Waals surface area contributed by atoms with Gasteiger partial charge in [-0.2, -0.15) is 13.2 Å². The van der Waals surface area contributed by atoms with Crippen molar-refractivity contribution in [2.45, 2.75) is 24.1 Å². The fourth-order valence-electron chi connectivity index (χ4n) is 2.69. The van der Waals surface area contributed by atoms with E-state index in [2.05, 4.69) is 15.9 Å². The Balaban J connectivity index is 2.00. The maximum absolute atomic E-state index is 13.2. The van der Waals surface area contributed by atoms with Crippen LogP contribution in [0.5, 0.6) is 0 Å². The first kappa shape index (κ1) is 21.5. The fourth-order valence-corrected chi connectivity index (χ4v) is 3.22. The summed E-state index contributed by atoms with van der Waals surface area (Å²) in [6, 6.07) is 7.65. The molecule has 1 aromatic carbocycles. The quantitative estimate of drug-likeness (QED) is 0.587. The van der Waals surface area contributed by atoms with E-state index >= 15 is 0 Å². The van der Waals surface area contributed by atoms with Crippen LogP contribution in [0.1, 0.15) is 22.5 Å². The van der Waals surface area contributed by atoms with Crippen LogP contribution in [0, 0.1) is 12.3 Å². The van der Waals surface area contributed by atoms with E-state index in [4.69, 9.17) is 6.42 Å². The summed E-state index contributed by atoms with van der Waals surface area (Å²) >= 11 is 0. The Hall–Kier alpha value is -3.16. The molecule has 1 aliphatic heterocycles. The van der Waals surface area contributed by atoms with Crippen LogP contribution in [-0.4, -0.2) is 40.9 Å². The second kappa shape index (κ2) is 7.93. The Bertz CT molecular complexity index is 1160. The molecule has 1 unspecified atom stereocenters. The van der Waals surface area contributed by atoms with Gasteiger partial charge in [-0.25, -0.2) is 18.4 Å². The maximum atomic E-state index is 13.2. The van der Waals surface area contributed by atoms with Crippen molar-refractivity contribution in [3.63, 3.8) is 0 Å². The summed E-state index contributed by atoms with van der Waals surface area (Å²) in [5.41, 5.74) is 0.0779. The number of benzene rings is 1. The molecule has 0 fully saturated rings. The molecule has 0 bridgehead atoms. The standard InChI is InChI=1S/C20H16F3N3O3S/c1-3-13-4-6-14(7-5-13)11-26-12-15(8-9-18(26)27)16-10-17(20(21,22)23)25-19(24-16)30(2,28)29/h1,4-10,12,18,27H,11H2,2H3. The molecule has 0 saturated carbocycles. The lowest BCUT2D eigenvalue weighted by Crippen LogP contribution is -2.30. The summed E-state index contributed by atoms with van der Waals surface area (Å²) in [7, 11) is -4.08. The van der Waals surface area contributed by atoms with Crippen LogP contribution < -0.4 is 0 Å². The first-order valence-electron chi connectivity index (χ1n) is 8.53. The number of aliphatic hydroxyl groups excluding tert-OH is 1. The molecule has 2 heterocycles. The van der Waals surface area contributed by atoms with Crippen molar-refractivity contribution in [2.24, 2.45) is 0 Å². The van der Waals surface area contributed by atoms with Crippen molar-refractivity contribution >= 4 is 15.4 Å². The average Bonchev–Trinajstić information content (AvgIpc) is 2.68. The SMILES string of the molecule is C#Cc1ccc(CN2C=C(c3cc(C(F)(F)F)nc(S(C)(=O)=O)n3)C=CC2O)cc1. The number of halogens is 3. The second-order valence-electron chi connectivity index (χ2n) is 6.56. The molecule has 30 heavy (non-hydrogen) atoms. The number of alkyl halides is 3. The predicted molar refractivity (Wildman–Crippen MR) is 103 cm³/mol. The topological polar surface area (TPSA) is 83.4 Å². The molecule has 1 N–H and O–H groups in total. The Morgan fingerprint density at radius 1 is 1.23 bits per heavy atom. The monoisotopic (exact) mass is 435 g/mol. The van der Waals surface area contributed by atoms with Crippen LogP contribution in [0.4, 0.5) is 13.2 Å². The van der Waals surface area contributed by atoms with E-state index < -0.39 is 33.1 Å². The lowest BCUT2D eigenvalue weighted by Gasteiger charge is -2.28. The number of allylic oxidation sites excluding steroid dienone is 2. The molecule has 0 spiro atoms. The number of nitrogens with zero attached hydrogens (tertiary/aromatic N) is 3. The molecule has 3 rings (SSSR count). The number of hydrogen-bond donors (Lipinski definition) is 1. The molecule has 0 radical (unpaired) electrons. The largest absolute Gasteiger partial charge is 0.433 e. The zero-order chi connectivity index (χ0) is 22.1. The molecule has 1 aliphatic rings. The van der Waals surface area contributed by atoms with Gasteiger partial charge in [0.15, 0.2) is 0 Å². The highest BCUT2D eigenvalue weighted by Crippen LogP contribution is 2.31. The Labute approximate surface area is 171 Å². The average molecular weight is 435 g/mol. The summed E-state index contributed by atoms with van der Waals surface area (Å²) in [5, 5.41) is 9.29. The summed E-state index contributed by atoms with van der Waals surface area (Å²) in [5.74, 6) is 2.49. The molecule has 156 valence electrons. The number of terminal acetylenes is 1. The Morgan fingerprint density at radius 3 is 2.47 bits per heavy atom. The Kier molecular flexibility index (Phi) is 5.70. The van der Waals surface area contributed by atoms with Gasteiger partial charge < -0.3 is 10.0 Å². The Morgan fingerprint density at radius 2 is 1.90 bits per heavy atom. The minimum atomic E-state index is -4.85. The summed E-state index contributed by atoms with van der Waals surface area (Å²) in [4.78, 5) is 8.38. The van der Waals surface area contributed by atoms with Gasteiger partial charge in [0.25, 0.3) is 0 Å². The summed E-state index contributed by atoms with van der Waals surface area (Å²) in [6.07, 6.45) is 4.31. The molecule has 0 amide bonds. The molecule has 1 atom stereocenters. The van der Waals surface area contributed by atoms with Crippen molar-refractivity contribution in [1.29, 1.82) is 0 Å². The van der Waals surface area contributed by atoms with Crippen molar-refractivity contribution in [3.8, 4) is 12.3 Å². The number of aliphatic hydroxyl groups is 1. The van der Waals surface area contributed by atoms with Crippen LogP contribution in [0.2, 0.25) is 0 Å². The molecule has 2 aromatic rings. The van der Waals surface area contributed by atoms with E-state index in [1.54, 1.807) is 24.3 Å². The van der Waals surface area contributed by atoms with Crippen molar-refractivity contribution in [2.75, 3.05) is 6.26 Å². The normalized spacial score (nSPS) is 16.9. The van der Waals surface area contributed by atoms with Gasteiger partial charge in [0, 0.05) is 30.1 Å². The van der Waals surface area contributed by atoms with Crippen molar-refractivity contribution in [3.05, 3.63) is 71.2 Å². The summed E-state index contributed by atoms with van der Waals surface area (Å²) < 4.78 is 63.1. The van der Waals surface area contributed by atoms with Gasteiger partial charge in [0.05, 0.1) is 5.69 Å². The third kappa shape index (κ3) is 4.87. The van der Waals surface area contributed by atoms with E-state index in [1.165, 1.54) is 23.3 Å². The zero-order valence-electron chi connectivity index (χ0n) is 15.6. The molecule has 0 aliphatic carbocycles. The molecular formula is C20H16F3N3O3S. The van der Waals surface area contributed by atoms with Gasteiger partial charge in [0.1, 0.15) is 11.9 Å². The van der Waals surface area contributed by atoms with E-state index in [1.807, 2.05) is 0 Å². The smallest absolute Gasteiger partial charge is 0.370 e. The van der Waals surface area contributed by atoms with Crippen LogP contribution in [0.3, 0.4) is 0 Å². The molecule has 10 heteroatoms. The van der Waals surface area contributed by atoms with Gasteiger partial charge >= 0.3 is 6.18 Å². The van der Waals surface area contributed by atoms with Gasteiger partial charge in [-0.1, -0.05) is 24.1 Å². The lowest BCUT2D eigenvalue weighted by molar-refractivity contribution is -0.141. The molecular weight excluding hydrogens is 419 g/mol. The maximum Gasteiger partial charge on any atom is 0.433 e. The number of rotatable bonds is 4.